The molecule has 5 rings (SSSR count). The fourth-order valence-corrected chi connectivity index (χ4v) is 4.80. The van der Waals surface area contributed by atoms with E-state index >= 15 is 0 Å². The lowest BCUT2D eigenvalue weighted by atomic mass is 9.95. The van der Waals surface area contributed by atoms with Crippen LogP contribution in [0.4, 0.5) is 0 Å². The molecule has 124 valence electrons. The number of hydrogen-bond donors (Lipinski definition) is 0. The Bertz CT molecular complexity index is 1180. The van der Waals surface area contributed by atoms with E-state index in [2.05, 4.69) is 54.5 Å². The number of aromatic nitrogens is 3. The van der Waals surface area contributed by atoms with Gasteiger partial charge in [-0.3, -0.25) is 4.98 Å². The van der Waals surface area contributed by atoms with Crippen molar-refractivity contribution >= 4 is 32.5 Å². The molecule has 0 radical (unpaired) electrons. The summed E-state index contributed by atoms with van der Waals surface area (Å²) in [5.41, 5.74) is 4.51. The summed E-state index contributed by atoms with van der Waals surface area (Å²) in [7, 11) is 2.06. The van der Waals surface area contributed by atoms with Crippen LogP contribution >= 0.6 is 11.3 Å². The van der Waals surface area contributed by atoms with Crippen LogP contribution < -0.4 is 9.30 Å². The fourth-order valence-electron chi connectivity index (χ4n) is 3.73. The van der Waals surface area contributed by atoms with E-state index in [0.29, 0.717) is 5.92 Å². The summed E-state index contributed by atoms with van der Waals surface area (Å²) in [6.45, 7) is 6.55. The van der Waals surface area contributed by atoms with Gasteiger partial charge in [-0.1, -0.05) is 31.3 Å². The molecule has 1 aliphatic rings. The molecule has 0 saturated carbocycles. The molecule has 0 bridgehead atoms. The van der Waals surface area contributed by atoms with Crippen LogP contribution in [0, 0.1) is 6.92 Å². The number of thiophene rings is 1. The quantitative estimate of drug-likeness (QED) is 0.406. The first-order chi connectivity index (χ1) is 12.1. The van der Waals surface area contributed by atoms with Gasteiger partial charge in [0.25, 0.3) is 6.33 Å². The number of fused-ring (bicyclic) bond motifs is 3. The van der Waals surface area contributed by atoms with Crippen molar-refractivity contribution in [1.29, 1.82) is 0 Å². The second kappa shape index (κ2) is 4.99. The SMILES string of the molecule is Cc1c2c(cc3ncccc13)Oc1c(C(C)C)sc3nc[n+](C)c-2c13. The van der Waals surface area contributed by atoms with Crippen molar-refractivity contribution in [3.63, 3.8) is 0 Å². The summed E-state index contributed by atoms with van der Waals surface area (Å²) in [5.74, 6) is 2.25. The summed E-state index contributed by atoms with van der Waals surface area (Å²) in [4.78, 5) is 11.5. The second-order valence-electron chi connectivity index (χ2n) is 6.88. The summed E-state index contributed by atoms with van der Waals surface area (Å²) < 4.78 is 8.55. The van der Waals surface area contributed by atoms with Crippen LogP contribution in [0.2, 0.25) is 0 Å². The summed E-state index contributed by atoms with van der Waals surface area (Å²) in [6.07, 6.45) is 3.74. The van der Waals surface area contributed by atoms with Gasteiger partial charge in [0.1, 0.15) is 11.1 Å². The Balaban J connectivity index is 1.98. The first-order valence-corrected chi connectivity index (χ1v) is 9.25. The monoisotopic (exact) mass is 348 g/mol. The van der Waals surface area contributed by atoms with Crippen LogP contribution in [0.3, 0.4) is 0 Å². The van der Waals surface area contributed by atoms with Crippen LogP contribution in [0.15, 0.2) is 30.7 Å². The lowest BCUT2D eigenvalue weighted by Gasteiger charge is -2.21. The molecule has 0 atom stereocenters. The molecule has 1 aromatic carbocycles. The zero-order valence-corrected chi connectivity index (χ0v) is 15.4. The molecule has 0 aliphatic carbocycles. The lowest BCUT2D eigenvalue weighted by Crippen LogP contribution is -2.32. The Kier molecular flexibility index (Phi) is 2.95. The van der Waals surface area contributed by atoms with Gasteiger partial charge in [-0.2, -0.15) is 0 Å². The number of rotatable bonds is 1. The zero-order valence-electron chi connectivity index (χ0n) is 14.6. The van der Waals surface area contributed by atoms with E-state index < -0.39 is 0 Å². The van der Waals surface area contributed by atoms with Crippen molar-refractivity contribution in [3.8, 4) is 22.8 Å². The standard InChI is InChI=1S/C20H18N3OS/c1-10(2)19-18-16-17(23(4)9-22-20(16)25-19)15-11(3)12-6-5-7-21-13(12)8-14(15)24-18/h5-10H,1-4H3/q+1. The minimum atomic E-state index is 0.397. The first-order valence-electron chi connectivity index (χ1n) is 8.44. The topological polar surface area (TPSA) is 38.9 Å². The molecule has 0 unspecified atom stereocenters. The van der Waals surface area contributed by atoms with Gasteiger partial charge in [0.2, 0.25) is 4.83 Å². The van der Waals surface area contributed by atoms with E-state index in [1.807, 2.05) is 18.6 Å². The average Bonchev–Trinajstić information content (AvgIpc) is 2.97. The van der Waals surface area contributed by atoms with Crippen LogP contribution in [0.1, 0.15) is 30.2 Å². The second-order valence-corrected chi connectivity index (χ2v) is 7.91. The van der Waals surface area contributed by atoms with Gasteiger partial charge < -0.3 is 4.74 Å². The predicted molar refractivity (Wildman–Crippen MR) is 100 cm³/mol. The third-order valence-corrected chi connectivity index (χ3v) is 6.29. The molecule has 0 saturated heterocycles. The summed E-state index contributed by atoms with van der Waals surface area (Å²) >= 11 is 1.74. The lowest BCUT2D eigenvalue weighted by molar-refractivity contribution is -0.662. The van der Waals surface area contributed by atoms with Crippen molar-refractivity contribution < 1.29 is 9.30 Å². The van der Waals surface area contributed by atoms with Gasteiger partial charge in [0, 0.05) is 17.6 Å². The largest absolute Gasteiger partial charge is 0.454 e. The third kappa shape index (κ3) is 1.90. The first kappa shape index (κ1) is 14.8. The number of ether oxygens (including phenoxy) is 1. The van der Waals surface area contributed by atoms with E-state index in [9.17, 15) is 0 Å². The van der Waals surface area contributed by atoms with E-state index in [0.717, 1.165) is 38.2 Å². The number of pyridine rings is 1. The molecule has 0 amide bonds. The summed E-state index contributed by atoms with van der Waals surface area (Å²) in [5, 5.41) is 2.30. The van der Waals surface area contributed by atoms with Crippen LogP contribution in [0.5, 0.6) is 11.5 Å². The van der Waals surface area contributed by atoms with Crippen LogP contribution in [-0.4, -0.2) is 9.97 Å². The number of nitrogens with zero attached hydrogens (tertiary/aromatic N) is 3. The molecule has 4 nitrogen and oxygen atoms in total. The van der Waals surface area contributed by atoms with E-state index in [1.165, 1.54) is 16.1 Å². The molecule has 25 heavy (non-hydrogen) atoms. The molecule has 4 aromatic rings. The molecule has 0 spiro atoms. The minimum absolute atomic E-state index is 0.397. The van der Waals surface area contributed by atoms with Gasteiger partial charge in [-0.05, 0) is 29.5 Å². The fraction of sp³-hybridized carbons (Fsp3) is 0.250. The highest BCUT2D eigenvalue weighted by molar-refractivity contribution is 7.19. The van der Waals surface area contributed by atoms with E-state index in [-0.39, 0.29) is 0 Å². The number of aryl methyl sites for hydroxylation is 2. The third-order valence-electron chi connectivity index (χ3n) is 4.91. The average molecular weight is 348 g/mol. The maximum atomic E-state index is 6.44. The molecule has 1 aliphatic heterocycles. The molecular formula is C20H18N3OS+. The maximum Gasteiger partial charge on any atom is 0.288 e. The summed E-state index contributed by atoms with van der Waals surface area (Å²) in [6, 6.07) is 6.17. The van der Waals surface area contributed by atoms with Gasteiger partial charge >= 0.3 is 0 Å². The van der Waals surface area contributed by atoms with Crippen molar-refractivity contribution in [1.82, 2.24) is 9.97 Å². The normalized spacial score (nSPS) is 12.7. The Morgan fingerprint density at radius 2 is 2.08 bits per heavy atom. The van der Waals surface area contributed by atoms with E-state index in [1.54, 1.807) is 11.3 Å². The van der Waals surface area contributed by atoms with Crippen LogP contribution in [0.25, 0.3) is 32.4 Å². The minimum Gasteiger partial charge on any atom is -0.454 e. The highest BCUT2D eigenvalue weighted by atomic mass is 32.1. The Hall–Kier alpha value is -2.53. The highest BCUT2D eigenvalue weighted by Gasteiger charge is 2.34. The van der Waals surface area contributed by atoms with Gasteiger partial charge in [-0.25, -0.2) is 4.57 Å². The predicted octanol–water partition coefficient (Wildman–Crippen LogP) is 4.87. The molecule has 0 N–H and O–H groups in total. The Morgan fingerprint density at radius 3 is 2.88 bits per heavy atom. The van der Waals surface area contributed by atoms with Gasteiger partial charge in [0.05, 0.1) is 23.0 Å². The zero-order chi connectivity index (χ0) is 17.3. The molecule has 5 heteroatoms. The van der Waals surface area contributed by atoms with Crippen molar-refractivity contribution in [2.75, 3.05) is 0 Å². The maximum absolute atomic E-state index is 6.44. The van der Waals surface area contributed by atoms with Crippen LogP contribution in [-0.2, 0) is 7.05 Å². The highest BCUT2D eigenvalue weighted by Crippen LogP contribution is 2.52. The van der Waals surface area contributed by atoms with Gasteiger partial charge in [0.15, 0.2) is 11.4 Å². The smallest absolute Gasteiger partial charge is 0.288 e. The van der Waals surface area contributed by atoms with Crippen molar-refractivity contribution in [3.05, 3.63) is 41.2 Å². The molecular weight excluding hydrogens is 330 g/mol. The number of hydrogen-bond acceptors (Lipinski definition) is 4. The molecule has 4 heterocycles. The van der Waals surface area contributed by atoms with Crippen molar-refractivity contribution in [2.24, 2.45) is 7.05 Å². The van der Waals surface area contributed by atoms with Gasteiger partial charge in [-0.15, -0.1) is 0 Å². The van der Waals surface area contributed by atoms with Crippen molar-refractivity contribution in [2.45, 2.75) is 26.7 Å². The molecule has 3 aromatic heterocycles. The Morgan fingerprint density at radius 1 is 1.24 bits per heavy atom. The Labute approximate surface area is 149 Å². The number of benzene rings is 1. The molecule has 0 fully saturated rings. The van der Waals surface area contributed by atoms with E-state index in [4.69, 9.17) is 4.74 Å².